The molecule has 142 valence electrons. The third-order valence-corrected chi connectivity index (χ3v) is 5.03. The monoisotopic (exact) mass is 386 g/mol. The lowest BCUT2D eigenvalue weighted by molar-refractivity contribution is -0.119. The number of carbonyl (C=O) groups is 2. The van der Waals surface area contributed by atoms with Crippen molar-refractivity contribution in [1.29, 1.82) is 0 Å². The lowest BCUT2D eigenvalue weighted by Gasteiger charge is -2.19. The Kier molecular flexibility index (Phi) is 6.14. The maximum atomic E-state index is 12.9. The molecule has 2 aromatic rings. The molecule has 1 N–H and O–H groups in total. The van der Waals surface area contributed by atoms with Crippen molar-refractivity contribution >= 4 is 29.2 Å². The van der Waals surface area contributed by atoms with Crippen molar-refractivity contribution < 1.29 is 14.3 Å². The first-order valence-electron chi connectivity index (χ1n) is 9.00. The molecule has 1 fully saturated rings. The van der Waals surface area contributed by atoms with Gasteiger partial charge in [-0.1, -0.05) is 29.8 Å². The third-order valence-electron chi connectivity index (χ3n) is 4.78. The van der Waals surface area contributed by atoms with Crippen LogP contribution in [-0.2, 0) is 9.53 Å². The maximum absolute atomic E-state index is 12.9. The number of rotatable bonds is 5. The van der Waals surface area contributed by atoms with Gasteiger partial charge in [0.05, 0.1) is 18.1 Å². The first-order valence-corrected chi connectivity index (χ1v) is 9.37. The highest BCUT2D eigenvalue weighted by Crippen LogP contribution is 2.33. The minimum absolute atomic E-state index is 0.0553. The first-order chi connectivity index (χ1) is 13.0. The number of esters is 1. The molecule has 0 radical (unpaired) electrons. The number of likely N-dealkylation sites (N-methyl/N-ethyl adjacent to an activating group) is 1. The number of nitrogens with zero attached hydrogens (tertiary/aromatic N) is 1. The summed E-state index contributed by atoms with van der Waals surface area (Å²) in [6, 6.07) is 14.5. The molecule has 0 unspecified atom stereocenters. The van der Waals surface area contributed by atoms with Crippen LogP contribution in [-0.4, -0.2) is 43.5 Å². The second-order valence-corrected chi connectivity index (χ2v) is 7.21. The molecule has 1 amide bonds. The SMILES string of the molecule is CCOC(=O)c1cccc(NC(=O)[C@H]2CN(C)C[C@@H]2c2ccc(Cl)cc2)c1. The summed E-state index contributed by atoms with van der Waals surface area (Å²) in [6.07, 6.45) is 0. The molecule has 1 aliphatic rings. The van der Waals surface area contributed by atoms with Gasteiger partial charge in [0, 0.05) is 29.7 Å². The Bertz CT molecular complexity index is 822. The van der Waals surface area contributed by atoms with Crippen LogP contribution < -0.4 is 5.32 Å². The molecule has 0 aromatic heterocycles. The van der Waals surface area contributed by atoms with Crippen LogP contribution in [0.2, 0.25) is 5.02 Å². The van der Waals surface area contributed by atoms with E-state index in [0.717, 1.165) is 12.1 Å². The van der Waals surface area contributed by atoms with E-state index in [1.54, 1.807) is 31.2 Å². The minimum Gasteiger partial charge on any atom is -0.462 e. The molecule has 0 spiro atoms. The second-order valence-electron chi connectivity index (χ2n) is 6.78. The van der Waals surface area contributed by atoms with E-state index in [0.29, 0.717) is 29.4 Å². The fourth-order valence-electron chi connectivity index (χ4n) is 3.49. The van der Waals surface area contributed by atoms with Crippen LogP contribution in [0.4, 0.5) is 5.69 Å². The predicted octanol–water partition coefficient (Wildman–Crippen LogP) is 3.80. The Labute approximate surface area is 164 Å². The second kappa shape index (κ2) is 8.55. The molecule has 3 rings (SSSR count). The number of anilines is 1. The molecule has 27 heavy (non-hydrogen) atoms. The van der Waals surface area contributed by atoms with E-state index in [1.165, 1.54) is 0 Å². The van der Waals surface area contributed by atoms with Gasteiger partial charge in [0.2, 0.25) is 5.91 Å². The molecule has 0 bridgehead atoms. The highest BCUT2D eigenvalue weighted by molar-refractivity contribution is 6.30. The van der Waals surface area contributed by atoms with Crippen molar-refractivity contribution in [3.63, 3.8) is 0 Å². The summed E-state index contributed by atoms with van der Waals surface area (Å²) in [4.78, 5) is 27.0. The van der Waals surface area contributed by atoms with Crippen LogP contribution in [0.25, 0.3) is 0 Å². The molecular formula is C21H23ClN2O3. The number of benzene rings is 2. The van der Waals surface area contributed by atoms with Crippen LogP contribution in [0.3, 0.4) is 0 Å². The number of likely N-dealkylation sites (tertiary alicyclic amines) is 1. The average Bonchev–Trinajstić information content (AvgIpc) is 3.05. The molecule has 1 aliphatic heterocycles. The first kappa shape index (κ1) is 19.4. The van der Waals surface area contributed by atoms with Crippen molar-refractivity contribution in [3.05, 3.63) is 64.7 Å². The zero-order valence-electron chi connectivity index (χ0n) is 15.4. The highest BCUT2D eigenvalue weighted by atomic mass is 35.5. The van der Waals surface area contributed by atoms with Crippen LogP contribution in [0, 0.1) is 5.92 Å². The van der Waals surface area contributed by atoms with Gasteiger partial charge >= 0.3 is 5.97 Å². The summed E-state index contributed by atoms with van der Waals surface area (Å²) in [5.74, 6) is -0.531. The van der Waals surface area contributed by atoms with Gasteiger partial charge < -0.3 is 15.0 Å². The quantitative estimate of drug-likeness (QED) is 0.794. The number of ether oxygens (including phenoxy) is 1. The minimum atomic E-state index is -0.395. The summed E-state index contributed by atoms with van der Waals surface area (Å²) in [5, 5.41) is 3.64. The van der Waals surface area contributed by atoms with E-state index >= 15 is 0 Å². The van der Waals surface area contributed by atoms with Gasteiger partial charge in [-0.15, -0.1) is 0 Å². The summed E-state index contributed by atoms with van der Waals surface area (Å²) in [5.41, 5.74) is 2.12. The van der Waals surface area contributed by atoms with Crippen molar-refractivity contribution in [2.24, 2.45) is 5.92 Å². The highest BCUT2D eigenvalue weighted by Gasteiger charge is 2.37. The average molecular weight is 387 g/mol. The van der Waals surface area contributed by atoms with Gasteiger partial charge in [0.25, 0.3) is 0 Å². The van der Waals surface area contributed by atoms with Crippen LogP contribution in [0.1, 0.15) is 28.8 Å². The number of hydrogen-bond donors (Lipinski definition) is 1. The lowest BCUT2D eigenvalue weighted by atomic mass is 9.88. The van der Waals surface area contributed by atoms with Gasteiger partial charge in [-0.25, -0.2) is 4.79 Å². The number of hydrogen-bond acceptors (Lipinski definition) is 4. The van der Waals surface area contributed by atoms with Crippen LogP contribution in [0.15, 0.2) is 48.5 Å². The predicted molar refractivity (Wildman–Crippen MR) is 106 cm³/mol. The number of nitrogens with one attached hydrogen (secondary N) is 1. The van der Waals surface area contributed by atoms with E-state index in [-0.39, 0.29) is 17.7 Å². The fourth-order valence-corrected chi connectivity index (χ4v) is 3.61. The van der Waals surface area contributed by atoms with Gasteiger partial charge in [0.15, 0.2) is 0 Å². The van der Waals surface area contributed by atoms with Crippen molar-refractivity contribution in [2.45, 2.75) is 12.8 Å². The largest absolute Gasteiger partial charge is 0.462 e. The zero-order chi connectivity index (χ0) is 19.4. The zero-order valence-corrected chi connectivity index (χ0v) is 16.2. The van der Waals surface area contributed by atoms with Crippen molar-refractivity contribution in [1.82, 2.24) is 4.90 Å². The summed E-state index contributed by atoms with van der Waals surface area (Å²) < 4.78 is 5.02. The Balaban J connectivity index is 1.75. The standard InChI is InChI=1S/C21H23ClN2O3/c1-3-27-21(26)15-5-4-6-17(11-15)23-20(25)19-13-24(2)12-18(19)14-7-9-16(22)10-8-14/h4-11,18-19H,3,12-13H2,1-2H3,(H,23,25)/t18-,19+/m1/s1. The molecule has 0 aliphatic carbocycles. The molecule has 1 saturated heterocycles. The molecule has 6 heteroatoms. The molecule has 5 nitrogen and oxygen atoms in total. The van der Waals surface area contributed by atoms with Gasteiger partial charge in [-0.3, -0.25) is 4.79 Å². The Morgan fingerprint density at radius 3 is 2.63 bits per heavy atom. The fraction of sp³-hybridized carbons (Fsp3) is 0.333. The molecule has 2 aromatic carbocycles. The summed E-state index contributed by atoms with van der Waals surface area (Å²) in [6.45, 7) is 3.56. The normalized spacial score (nSPS) is 19.7. The molecular weight excluding hydrogens is 364 g/mol. The van der Waals surface area contributed by atoms with E-state index < -0.39 is 5.97 Å². The van der Waals surface area contributed by atoms with Gasteiger partial charge in [-0.05, 0) is 49.9 Å². The Morgan fingerprint density at radius 1 is 1.19 bits per heavy atom. The van der Waals surface area contributed by atoms with E-state index in [9.17, 15) is 9.59 Å². The van der Waals surface area contributed by atoms with E-state index in [2.05, 4.69) is 10.2 Å². The number of halogens is 1. The van der Waals surface area contributed by atoms with E-state index in [1.807, 2.05) is 31.3 Å². The topological polar surface area (TPSA) is 58.6 Å². The molecule has 2 atom stereocenters. The molecule has 1 heterocycles. The molecule has 0 saturated carbocycles. The number of amides is 1. The lowest BCUT2D eigenvalue weighted by Crippen LogP contribution is -2.28. The maximum Gasteiger partial charge on any atom is 0.338 e. The van der Waals surface area contributed by atoms with Crippen molar-refractivity contribution in [3.8, 4) is 0 Å². The van der Waals surface area contributed by atoms with Crippen molar-refractivity contribution in [2.75, 3.05) is 32.1 Å². The Hall–Kier alpha value is -2.37. The third kappa shape index (κ3) is 4.67. The smallest absolute Gasteiger partial charge is 0.338 e. The van der Waals surface area contributed by atoms with Gasteiger partial charge in [-0.2, -0.15) is 0 Å². The summed E-state index contributed by atoms with van der Waals surface area (Å²) in [7, 11) is 2.01. The summed E-state index contributed by atoms with van der Waals surface area (Å²) >= 11 is 5.99. The Morgan fingerprint density at radius 2 is 1.93 bits per heavy atom. The van der Waals surface area contributed by atoms with Crippen LogP contribution in [0.5, 0.6) is 0 Å². The number of carbonyl (C=O) groups excluding carboxylic acids is 2. The van der Waals surface area contributed by atoms with E-state index in [4.69, 9.17) is 16.3 Å². The van der Waals surface area contributed by atoms with Crippen LogP contribution >= 0.6 is 11.6 Å². The van der Waals surface area contributed by atoms with Gasteiger partial charge in [0.1, 0.15) is 0 Å².